The topological polar surface area (TPSA) is 48.7 Å². The van der Waals surface area contributed by atoms with Crippen molar-refractivity contribution in [3.8, 4) is 6.07 Å². The third-order valence-corrected chi connectivity index (χ3v) is 3.70. The number of hydrogen-bond donors (Lipinski definition) is 1. The molecule has 0 unspecified atom stereocenters. The lowest BCUT2D eigenvalue weighted by atomic mass is 10.2. The number of aromatic nitrogens is 1. The highest BCUT2D eigenvalue weighted by molar-refractivity contribution is 9.10. The molecule has 0 bridgehead atoms. The maximum atomic E-state index is 13.1. The molecule has 2 aromatic rings. The monoisotopic (exact) mass is 311 g/mol. The Balaban J connectivity index is 2.38. The SMILES string of the molecule is Cc1nsc(Nc2cc(F)ccc2Br)c1C#N. The molecule has 17 heavy (non-hydrogen) atoms. The first-order valence-corrected chi connectivity index (χ1v) is 6.27. The molecular weight excluding hydrogens is 305 g/mol. The predicted molar refractivity (Wildman–Crippen MR) is 68.9 cm³/mol. The number of anilines is 2. The lowest BCUT2D eigenvalue weighted by Crippen LogP contribution is -1.92. The summed E-state index contributed by atoms with van der Waals surface area (Å²) in [6.45, 7) is 1.76. The van der Waals surface area contributed by atoms with Gasteiger partial charge in [0, 0.05) is 4.47 Å². The number of nitriles is 1. The van der Waals surface area contributed by atoms with Gasteiger partial charge in [-0.25, -0.2) is 4.39 Å². The summed E-state index contributed by atoms with van der Waals surface area (Å²) in [5.74, 6) is -0.338. The summed E-state index contributed by atoms with van der Waals surface area (Å²) in [4.78, 5) is 0. The van der Waals surface area contributed by atoms with Gasteiger partial charge in [0.2, 0.25) is 0 Å². The van der Waals surface area contributed by atoms with E-state index in [0.29, 0.717) is 21.9 Å². The minimum atomic E-state index is -0.338. The Kier molecular flexibility index (Phi) is 3.41. The molecule has 86 valence electrons. The van der Waals surface area contributed by atoms with E-state index in [-0.39, 0.29) is 5.82 Å². The van der Waals surface area contributed by atoms with Crippen LogP contribution in [0, 0.1) is 24.1 Å². The van der Waals surface area contributed by atoms with E-state index < -0.39 is 0 Å². The van der Waals surface area contributed by atoms with Gasteiger partial charge in [0.05, 0.1) is 11.4 Å². The third kappa shape index (κ3) is 2.46. The van der Waals surface area contributed by atoms with E-state index in [9.17, 15) is 4.39 Å². The number of rotatable bonds is 2. The van der Waals surface area contributed by atoms with Gasteiger partial charge < -0.3 is 5.32 Å². The Morgan fingerprint density at radius 2 is 2.29 bits per heavy atom. The summed E-state index contributed by atoms with van der Waals surface area (Å²) in [5.41, 5.74) is 1.74. The Bertz CT molecular complexity index is 603. The first-order valence-electron chi connectivity index (χ1n) is 4.70. The van der Waals surface area contributed by atoms with Crippen LogP contribution in [0.4, 0.5) is 15.1 Å². The number of hydrogen-bond acceptors (Lipinski definition) is 4. The first kappa shape index (κ1) is 12.0. The zero-order valence-electron chi connectivity index (χ0n) is 8.79. The lowest BCUT2D eigenvalue weighted by Gasteiger charge is -2.06. The summed E-state index contributed by atoms with van der Waals surface area (Å²) in [6.07, 6.45) is 0. The maximum absolute atomic E-state index is 13.1. The highest BCUT2D eigenvalue weighted by atomic mass is 79.9. The molecule has 3 nitrogen and oxygen atoms in total. The second-order valence-electron chi connectivity index (χ2n) is 3.33. The van der Waals surface area contributed by atoms with Gasteiger partial charge in [-0.2, -0.15) is 9.64 Å². The van der Waals surface area contributed by atoms with Gasteiger partial charge in [0.1, 0.15) is 22.5 Å². The van der Waals surface area contributed by atoms with Crippen molar-refractivity contribution in [3.05, 3.63) is 39.7 Å². The largest absolute Gasteiger partial charge is 0.344 e. The molecule has 0 amide bonds. The van der Waals surface area contributed by atoms with Gasteiger partial charge in [0.25, 0.3) is 0 Å². The molecule has 0 saturated carbocycles. The fraction of sp³-hybridized carbons (Fsp3) is 0.0909. The van der Waals surface area contributed by atoms with E-state index in [4.69, 9.17) is 5.26 Å². The molecule has 0 saturated heterocycles. The van der Waals surface area contributed by atoms with Crippen LogP contribution in [0.2, 0.25) is 0 Å². The standard InChI is InChI=1S/C11H7BrFN3S/c1-6-8(5-14)11(17-16-6)15-10-4-7(13)2-3-9(10)12/h2-4,15H,1H3. The summed E-state index contributed by atoms with van der Waals surface area (Å²) in [7, 11) is 0. The van der Waals surface area contributed by atoms with Crippen molar-refractivity contribution in [2.24, 2.45) is 0 Å². The van der Waals surface area contributed by atoms with E-state index in [0.717, 1.165) is 4.47 Å². The number of aryl methyl sites for hydroxylation is 1. The van der Waals surface area contributed by atoms with Crippen LogP contribution >= 0.6 is 27.5 Å². The molecule has 0 aliphatic rings. The average molecular weight is 312 g/mol. The van der Waals surface area contributed by atoms with E-state index >= 15 is 0 Å². The Morgan fingerprint density at radius 1 is 1.53 bits per heavy atom. The lowest BCUT2D eigenvalue weighted by molar-refractivity contribution is 0.628. The Hall–Kier alpha value is -1.45. The smallest absolute Gasteiger partial charge is 0.132 e. The Morgan fingerprint density at radius 3 is 3.00 bits per heavy atom. The van der Waals surface area contributed by atoms with Crippen LogP contribution < -0.4 is 5.32 Å². The molecule has 1 N–H and O–H groups in total. The predicted octanol–water partition coefficient (Wildman–Crippen LogP) is 3.97. The van der Waals surface area contributed by atoms with Crippen LogP contribution in [0.1, 0.15) is 11.3 Å². The quantitative estimate of drug-likeness (QED) is 0.913. The molecule has 1 heterocycles. The van der Waals surface area contributed by atoms with Crippen LogP contribution in [0.15, 0.2) is 22.7 Å². The molecule has 0 radical (unpaired) electrons. The van der Waals surface area contributed by atoms with Crippen LogP contribution in [0.5, 0.6) is 0 Å². The van der Waals surface area contributed by atoms with Gasteiger partial charge in [-0.3, -0.25) is 0 Å². The number of halogens is 2. The van der Waals surface area contributed by atoms with Crippen molar-refractivity contribution in [1.82, 2.24) is 4.37 Å². The summed E-state index contributed by atoms with van der Waals surface area (Å²) >= 11 is 4.50. The number of benzene rings is 1. The molecule has 0 aliphatic heterocycles. The molecule has 1 aromatic heterocycles. The molecule has 0 spiro atoms. The second kappa shape index (κ2) is 4.82. The summed E-state index contributed by atoms with van der Waals surface area (Å²) in [5, 5.41) is 12.6. The number of nitrogens with one attached hydrogen (secondary N) is 1. The van der Waals surface area contributed by atoms with E-state index in [1.54, 1.807) is 13.0 Å². The van der Waals surface area contributed by atoms with E-state index in [1.165, 1.54) is 23.7 Å². The van der Waals surface area contributed by atoms with Gasteiger partial charge >= 0.3 is 0 Å². The molecule has 6 heteroatoms. The van der Waals surface area contributed by atoms with Crippen molar-refractivity contribution in [2.75, 3.05) is 5.32 Å². The van der Waals surface area contributed by atoms with E-state index in [2.05, 4.69) is 31.7 Å². The van der Waals surface area contributed by atoms with E-state index in [1.807, 2.05) is 0 Å². The highest BCUT2D eigenvalue weighted by Gasteiger charge is 2.11. The maximum Gasteiger partial charge on any atom is 0.132 e. The second-order valence-corrected chi connectivity index (χ2v) is 4.96. The molecule has 0 fully saturated rings. The zero-order valence-corrected chi connectivity index (χ0v) is 11.2. The average Bonchev–Trinajstić information content (AvgIpc) is 2.64. The minimum Gasteiger partial charge on any atom is -0.344 e. The Labute approximate surface area is 110 Å². The number of nitrogens with zero attached hydrogens (tertiary/aromatic N) is 2. The zero-order chi connectivity index (χ0) is 12.4. The van der Waals surface area contributed by atoms with Crippen molar-refractivity contribution in [1.29, 1.82) is 5.26 Å². The van der Waals surface area contributed by atoms with Gasteiger partial charge in [-0.05, 0) is 52.6 Å². The van der Waals surface area contributed by atoms with Crippen LogP contribution in [0.25, 0.3) is 0 Å². The van der Waals surface area contributed by atoms with Gasteiger partial charge in [0.15, 0.2) is 0 Å². The molecule has 0 atom stereocenters. The van der Waals surface area contributed by atoms with Crippen molar-refractivity contribution in [3.63, 3.8) is 0 Å². The van der Waals surface area contributed by atoms with Gasteiger partial charge in [-0.15, -0.1) is 0 Å². The fourth-order valence-corrected chi connectivity index (χ4v) is 2.41. The normalized spacial score (nSPS) is 10.0. The fourth-order valence-electron chi connectivity index (χ4n) is 1.30. The molecule has 1 aromatic carbocycles. The molecule has 0 aliphatic carbocycles. The van der Waals surface area contributed by atoms with Crippen molar-refractivity contribution >= 4 is 38.2 Å². The summed E-state index contributed by atoms with van der Waals surface area (Å²) < 4.78 is 17.9. The van der Waals surface area contributed by atoms with Crippen molar-refractivity contribution < 1.29 is 4.39 Å². The van der Waals surface area contributed by atoms with Crippen LogP contribution in [-0.2, 0) is 0 Å². The van der Waals surface area contributed by atoms with Crippen LogP contribution in [-0.4, -0.2) is 4.37 Å². The third-order valence-electron chi connectivity index (χ3n) is 2.15. The minimum absolute atomic E-state index is 0.338. The van der Waals surface area contributed by atoms with Crippen LogP contribution in [0.3, 0.4) is 0 Å². The molecular formula is C11H7BrFN3S. The van der Waals surface area contributed by atoms with Crippen molar-refractivity contribution in [2.45, 2.75) is 6.92 Å². The molecule has 2 rings (SSSR count). The first-order chi connectivity index (χ1) is 8.11. The highest BCUT2D eigenvalue weighted by Crippen LogP contribution is 2.31. The van der Waals surface area contributed by atoms with Gasteiger partial charge in [-0.1, -0.05) is 0 Å². The summed E-state index contributed by atoms with van der Waals surface area (Å²) in [6, 6.07) is 6.40.